The van der Waals surface area contributed by atoms with Crippen molar-refractivity contribution >= 4 is 17.8 Å². The van der Waals surface area contributed by atoms with Crippen LogP contribution in [0, 0.1) is 5.92 Å². The summed E-state index contributed by atoms with van der Waals surface area (Å²) >= 11 is 0. The second-order valence-corrected chi connectivity index (χ2v) is 4.33. The molecule has 0 bridgehead atoms. The average Bonchev–Trinajstić information content (AvgIpc) is 2.92. The predicted octanol–water partition coefficient (Wildman–Crippen LogP) is 1.48. The SMILES string of the molecule is CCOC(=O)C1CCN(C(=O)Nc2ccon2)CC1. The van der Waals surface area contributed by atoms with Crippen molar-refractivity contribution < 1.29 is 18.8 Å². The average molecular weight is 267 g/mol. The van der Waals surface area contributed by atoms with E-state index in [1.807, 2.05) is 0 Å². The van der Waals surface area contributed by atoms with Crippen LogP contribution in [0.2, 0.25) is 0 Å². The van der Waals surface area contributed by atoms with Crippen molar-refractivity contribution in [2.75, 3.05) is 25.0 Å². The fourth-order valence-corrected chi connectivity index (χ4v) is 2.04. The number of esters is 1. The Morgan fingerprint density at radius 1 is 1.53 bits per heavy atom. The van der Waals surface area contributed by atoms with Crippen molar-refractivity contribution in [1.29, 1.82) is 0 Å². The van der Waals surface area contributed by atoms with Crippen molar-refractivity contribution in [1.82, 2.24) is 10.1 Å². The number of hydrogen-bond donors (Lipinski definition) is 1. The minimum atomic E-state index is -0.226. The molecule has 0 atom stereocenters. The summed E-state index contributed by atoms with van der Waals surface area (Å²) in [6.45, 7) is 3.25. The summed E-state index contributed by atoms with van der Waals surface area (Å²) in [5, 5.41) is 6.24. The van der Waals surface area contributed by atoms with E-state index in [-0.39, 0.29) is 17.9 Å². The second kappa shape index (κ2) is 6.21. The van der Waals surface area contributed by atoms with Crippen LogP contribution in [0.3, 0.4) is 0 Å². The maximum absolute atomic E-state index is 11.9. The maximum Gasteiger partial charge on any atom is 0.323 e. The molecule has 2 rings (SSSR count). The molecule has 104 valence electrons. The molecule has 1 aromatic heterocycles. The number of amides is 2. The molecule has 7 nitrogen and oxygen atoms in total. The van der Waals surface area contributed by atoms with Gasteiger partial charge in [-0.15, -0.1) is 0 Å². The van der Waals surface area contributed by atoms with E-state index < -0.39 is 0 Å². The number of anilines is 1. The number of hydrogen-bond acceptors (Lipinski definition) is 5. The Labute approximate surface area is 110 Å². The molecule has 1 aliphatic rings. The van der Waals surface area contributed by atoms with Crippen LogP contribution >= 0.6 is 0 Å². The number of nitrogens with one attached hydrogen (secondary N) is 1. The number of aromatic nitrogens is 1. The Morgan fingerprint density at radius 3 is 2.84 bits per heavy atom. The lowest BCUT2D eigenvalue weighted by molar-refractivity contribution is -0.149. The van der Waals surface area contributed by atoms with Crippen LogP contribution in [-0.2, 0) is 9.53 Å². The highest BCUT2D eigenvalue weighted by molar-refractivity contribution is 5.88. The van der Waals surface area contributed by atoms with Gasteiger partial charge in [-0.2, -0.15) is 0 Å². The van der Waals surface area contributed by atoms with Crippen LogP contribution in [0.4, 0.5) is 10.6 Å². The molecule has 19 heavy (non-hydrogen) atoms. The lowest BCUT2D eigenvalue weighted by Gasteiger charge is -2.30. The fourth-order valence-electron chi connectivity index (χ4n) is 2.04. The minimum absolute atomic E-state index is 0.101. The lowest BCUT2D eigenvalue weighted by atomic mass is 9.97. The molecule has 0 aromatic carbocycles. The fraction of sp³-hybridized carbons (Fsp3) is 0.583. The van der Waals surface area contributed by atoms with E-state index in [0.717, 1.165) is 0 Å². The smallest absolute Gasteiger partial charge is 0.323 e. The molecule has 0 unspecified atom stereocenters. The normalized spacial score (nSPS) is 16.2. The molecule has 7 heteroatoms. The van der Waals surface area contributed by atoms with Gasteiger partial charge in [0.15, 0.2) is 5.82 Å². The van der Waals surface area contributed by atoms with Gasteiger partial charge in [0, 0.05) is 19.2 Å². The third-order valence-electron chi connectivity index (χ3n) is 3.07. The van der Waals surface area contributed by atoms with Gasteiger partial charge in [-0.1, -0.05) is 5.16 Å². The number of carbonyl (C=O) groups excluding carboxylic acids is 2. The van der Waals surface area contributed by atoms with Crippen molar-refractivity contribution in [2.45, 2.75) is 19.8 Å². The van der Waals surface area contributed by atoms with Gasteiger partial charge in [-0.3, -0.25) is 10.1 Å². The summed E-state index contributed by atoms with van der Waals surface area (Å²) in [4.78, 5) is 25.1. The van der Waals surface area contributed by atoms with E-state index in [9.17, 15) is 9.59 Å². The number of urea groups is 1. The third kappa shape index (κ3) is 3.46. The van der Waals surface area contributed by atoms with Crippen LogP contribution in [0.5, 0.6) is 0 Å². The van der Waals surface area contributed by atoms with Crippen LogP contribution in [-0.4, -0.2) is 41.8 Å². The molecule has 0 aliphatic carbocycles. The van der Waals surface area contributed by atoms with Crippen LogP contribution in [0.25, 0.3) is 0 Å². The molecule has 1 N–H and O–H groups in total. The summed E-state index contributed by atoms with van der Waals surface area (Å²) in [6, 6.07) is 1.35. The number of rotatable bonds is 3. The van der Waals surface area contributed by atoms with Gasteiger partial charge in [0.05, 0.1) is 12.5 Å². The zero-order chi connectivity index (χ0) is 13.7. The lowest BCUT2D eigenvalue weighted by Crippen LogP contribution is -2.42. The largest absolute Gasteiger partial charge is 0.466 e. The Bertz CT molecular complexity index is 424. The highest BCUT2D eigenvalue weighted by Gasteiger charge is 2.28. The van der Waals surface area contributed by atoms with Gasteiger partial charge in [0.1, 0.15) is 6.26 Å². The van der Waals surface area contributed by atoms with Crippen molar-refractivity contribution in [2.24, 2.45) is 5.92 Å². The molecule has 0 radical (unpaired) electrons. The number of piperidine rings is 1. The minimum Gasteiger partial charge on any atom is -0.466 e. The van der Waals surface area contributed by atoms with Gasteiger partial charge in [0.25, 0.3) is 0 Å². The molecule has 1 fully saturated rings. The molecule has 1 aliphatic heterocycles. The molecular formula is C12H17N3O4. The van der Waals surface area contributed by atoms with E-state index in [1.165, 1.54) is 6.26 Å². The summed E-state index contributed by atoms with van der Waals surface area (Å²) < 4.78 is 9.62. The number of carbonyl (C=O) groups is 2. The highest BCUT2D eigenvalue weighted by Crippen LogP contribution is 2.19. The van der Waals surface area contributed by atoms with Crippen LogP contribution in [0.1, 0.15) is 19.8 Å². The van der Waals surface area contributed by atoms with Crippen molar-refractivity contribution in [3.05, 3.63) is 12.3 Å². The number of nitrogens with zero attached hydrogens (tertiary/aromatic N) is 2. The number of ether oxygens (including phenoxy) is 1. The van der Waals surface area contributed by atoms with Gasteiger partial charge < -0.3 is 14.2 Å². The molecule has 0 saturated carbocycles. The Morgan fingerprint density at radius 2 is 2.26 bits per heavy atom. The van der Waals surface area contributed by atoms with Crippen LogP contribution < -0.4 is 5.32 Å². The van der Waals surface area contributed by atoms with E-state index in [2.05, 4.69) is 15.0 Å². The molecule has 1 aromatic rings. The topological polar surface area (TPSA) is 84.7 Å². The maximum atomic E-state index is 11.9. The zero-order valence-corrected chi connectivity index (χ0v) is 10.8. The van der Waals surface area contributed by atoms with E-state index in [4.69, 9.17) is 4.74 Å². The number of likely N-dealkylation sites (tertiary alicyclic amines) is 1. The highest BCUT2D eigenvalue weighted by atomic mass is 16.5. The summed E-state index contributed by atoms with van der Waals surface area (Å²) in [5.41, 5.74) is 0. The van der Waals surface area contributed by atoms with E-state index in [1.54, 1.807) is 17.9 Å². The van der Waals surface area contributed by atoms with Crippen LogP contribution in [0.15, 0.2) is 16.9 Å². The first-order chi connectivity index (χ1) is 9.20. The van der Waals surface area contributed by atoms with Crippen molar-refractivity contribution in [3.8, 4) is 0 Å². The first kappa shape index (κ1) is 13.4. The monoisotopic (exact) mass is 267 g/mol. The molecule has 1 saturated heterocycles. The van der Waals surface area contributed by atoms with Gasteiger partial charge in [0.2, 0.25) is 0 Å². The molecule has 2 amide bonds. The molecule has 2 heterocycles. The van der Waals surface area contributed by atoms with E-state index in [0.29, 0.717) is 38.4 Å². The predicted molar refractivity (Wildman–Crippen MR) is 66.5 cm³/mol. The Kier molecular flexibility index (Phi) is 4.38. The Hall–Kier alpha value is -2.05. The first-order valence-electron chi connectivity index (χ1n) is 6.33. The van der Waals surface area contributed by atoms with Gasteiger partial charge >= 0.3 is 12.0 Å². The van der Waals surface area contributed by atoms with E-state index >= 15 is 0 Å². The molecular weight excluding hydrogens is 250 g/mol. The molecule has 0 spiro atoms. The first-order valence-corrected chi connectivity index (χ1v) is 6.33. The Balaban J connectivity index is 1.79. The summed E-state index contributed by atoms with van der Waals surface area (Å²) in [6.07, 6.45) is 2.65. The summed E-state index contributed by atoms with van der Waals surface area (Å²) in [7, 11) is 0. The second-order valence-electron chi connectivity index (χ2n) is 4.33. The van der Waals surface area contributed by atoms with Crippen molar-refractivity contribution in [3.63, 3.8) is 0 Å². The third-order valence-corrected chi connectivity index (χ3v) is 3.07. The van der Waals surface area contributed by atoms with Gasteiger partial charge in [-0.25, -0.2) is 4.79 Å². The summed E-state index contributed by atoms with van der Waals surface area (Å²) in [5.74, 6) is 0.118. The quantitative estimate of drug-likeness (QED) is 0.838. The van der Waals surface area contributed by atoms with Gasteiger partial charge in [-0.05, 0) is 19.8 Å². The zero-order valence-electron chi connectivity index (χ0n) is 10.8. The standard InChI is InChI=1S/C12H17N3O4/c1-2-18-11(16)9-3-6-15(7-4-9)12(17)13-10-5-8-19-14-10/h5,8-9H,2-4,6-7H2,1H3,(H,13,14,17).